The molecule has 100 valence electrons. The molecule has 0 saturated carbocycles. The van der Waals surface area contributed by atoms with Crippen molar-refractivity contribution in [2.45, 2.75) is 6.92 Å². The van der Waals surface area contributed by atoms with Crippen LogP contribution in [-0.4, -0.2) is 23.1 Å². The maximum Gasteiger partial charge on any atom is 0.488 e. The Morgan fingerprint density at radius 1 is 1.00 bits per heavy atom. The molecule has 0 aliphatic carbocycles. The predicted octanol–water partition coefficient (Wildman–Crippen LogP) is 1.45. The third-order valence-corrected chi connectivity index (χ3v) is 2.66. The third kappa shape index (κ3) is 3.43. The molecular weight excluding hydrogens is 243 g/mol. The quantitative estimate of drug-likeness (QED) is 0.498. The molecule has 0 spiro atoms. The molecule has 0 aliphatic rings. The Hall–Kier alpha value is -2.11. The fourth-order valence-electron chi connectivity index (χ4n) is 1.73. The molecule has 2 N–H and O–H groups in total. The van der Waals surface area contributed by atoms with Gasteiger partial charge in [-0.3, -0.25) is 4.79 Å². The smallest absolute Gasteiger partial charge is 0.427 e. The summed E-state index contributed by atoms with van der Waals surface area (Å²) in [6, 6.07) is 14.0. The summed E-state index contributed by atoms with van der Waals surface area (Å²) >= 11 is 0. The summed E-state index contributed by atoms with van der Waals surface area (Å²) in [5.41, 5.74) is 2.34. The van der Waals surface area contributed by atoms with Gasteiger partial charge in [0, 0.05) is 9.78 Å². The van der Waals surface area contributed by atoms with Crippen LogP contribution in [0, 0.1) is 0 Å². The molecule has 0 heterocycles. The summed E-state index contributed by atoms with van der Waals surface area (Å²) < 4.78 is 4.95. The molecule has 19 heavy (non-hydrogen) atoms. The van der Waals surface area contributed by atoms with Crippen molar-refractivity contribution in [1.82, 2.24) is 0 Å². The highest BCUT2D eigenvalue weighted by Gasteiger charge is 2.10. The van der Waals surface area contributed by atoms with E-state index in [1.54, 1.807) is 36.4 Å². The molecule has 2 aromatic rings. The number of carbonyl (C=O) groups excluding carboxylic acids is 1. The molecule has 0 radical (unpaired) electrons. The Labute approximate surface area is 114 Å². The van der Waals surface area contributed by atoms with Gasteiger partial charge in [0.05, 0.1) is 0 Å². The van der Waals surface area contributed by atoms with Gasteiger partial charge in [-0.15, -0.1) is 0 Å². The standard InChI is InChI=1S/C14H13BO4.2H2/c1-10(16)19-14-8-4-12(5-9-14)11-2-6-13(7-3-11)15(17)18;;/h2-9,17-18H,1H3;2*1H. The Bertz CT molecular complexity index is 571. The summed E-state index contributed by atoms with van der Waals surface area (Å²) in [4.78, 5) is 10.8. The minimum atomic E-state index is -1.46. The lowest BCUT2D eigenvalue weighted by Crippen LogP contribution is -2.29. The van der Waals surface area contributed by atoms with E-state index in [1.807, 2.05) is 12.1 Å². The zero-order valence-electron chi connectivity index (χ0n) is 10.4. The van der Waals surface area contributed by atoms with Gasteiger partial charge in [0.25, 0.3) is 0 Å². The summed E-state index contributed by atoms with van der Waals surface area (Å²) in [5.74, 6) is 0.146. The lowest BCUT2D eigenvalue weighted by molar-refractivity contribution is -0.131. The van der Waals surface area contributed by atoms with Crippen molar-refractivity contribution in [3.05, 3.63) is 48.5 Å². The first-order valence-electron chi connectivity index (χ1n) is 5.81. The minimum Gasteiger partial charge on any atom is -0.427 e. The van der Waals surface area contributed by atoms with Crippen LogP contribution in [0.3, 0.4) is 0 Å². The van der Waals surface area contributed by atoms with E-state index in [4.69, 9.17) is 14.8 Å². The normalized spacial score (nSPS) is 10.1. The van der Waals surface area contributed by atoms with Crippen LogP contribution in [0.25, 0.3) is 11.1 Å². The van der Waals surface area contributed by atoms with Crippen LogP contribution >= 0.6 is 0 Å². The van der Waals surface area contributed by atoms with Crippen molar-refractivity contribution in [3.8, 4) is 16.9 Å². The number of ether oxygens (including phenoxy) is 1. The number of hydrogen-bond donors (Lipinski definition) is 2. The van der Waals surface area contributed by atoms with E-state index in [1.165, 1.54) is 6.92 Å². The molecule has 0 aliphatic heterocycles. The Morgan fingerprint density at radius 3 is 1.89 bits per heavy atom. The van der Waals surface area contributed by atoms with Crippen molar-refractivity contribution in [2.24, 2.45) is 0 Å². The van der Waals surface area contributed by atoms with Crippen LogP contribution in [0.15, 0.2) is 48.5 Å². The van der Waals surface area contributed by atoms with Crippen LogP contribution in [0.4, 0.5) is 0 Å². The largest absolute Gasteiger partial charge is 0.488 e. The second-order valence-corrected chi connectivity index (χ2v) is 4.11. The number of hydrogen-bond acceptors (Lipinski definition) is 4. The fourth-order valence-corrected chi connectivity index (χ4v) is 1.73. The van der Waals surface area contributed by atoms with Gasteiger partial charge in [0.15, 0.2) is 0 Å². The second kappa shape index (κ2) is 5.69. The van der Waals surface area contributed by atoms with Gasteiger partial charge in [-0.1, -0.05) is 36.4 Å². The third-order valence-electron chi connectivity index (χ3n) is 2.66. The van der Waals surface area contributed by atoms with Crippen molar-refractivity contribution in [3.63, 3.8) is 0 Å². The van der Waals surface area contributed by atoms with Gasteiger partial charge in [-0.2, -0.15) is 0 Å². The van der Waals surface area contributed by atoms with E-state index >= 15 is 0 Å². The van der Waals surface area contributed by atoms with Crippen LogP contribution in [0.5, 0.6) is 5.75 Å². The van der Waals surface area contributed by atoms with E-state index in [0.29, 0.717) is 11.2 Å². The highest BCUT2D eigenvalue weighted by atomic mass is 16.5. The molecule has 0 saturated heterocycles. The van der Waals surface area contributed by atoms with Gasteiger partial charge < -0.3 is 14.8 Å². The number of carbonyl (C=O) groups is 1. The number of esters is 1. The van der Waals surface area contributed by atoms with Crippen LogP contribution < -0.4 is 10.2 Å². The maximum atomic E-state index is 10.8. The monoisotopic (exact) mass is 260 g/mol. The highest BCUT2D eigenvalue weighted by molar-refractivity contribution is 6.58. The number of rotatable bonds is 3. The average Bonchev–Trinajstić information content (AvgIpc) is 2.39. The molecule has 0 aromatic heterocycles. The first-order valence-corrected chi connectivity index (χ1v) is 5.81. The zero-order valence-corrected chi connectivity index (χ0v) is 10.4. The van der Waals surface area contributed by atoms with E-state index in [2.05, 4.69) is 0 Å². The van der Waals surface area contributed by atoms with Gasteiger partial charge in [0.2, 0.25) is 0 Å². The summed E-state index contributed by atoms with van der Waals surface area (Å²) in [7, 11) is -1.46. The van der Waals surface area contributed by atoms with E-state index in [0.717, 1.165) is 11.1 Å². The highest BCUT2D eigenvalue weighted by Crippen LogP contribution is 2.21. The zero-order chi connectivity index (χ0) is 13.8. The van der Waals surface area contributed by atoms with Crippen molar-refractivity contribution in [2.75, 3.05) is 0 Å². The molecule has 0 amide bonds. The van der Waals surface area contributed by atoms with Gasteiger partial charge in [-0.25, -0.2) is 0 Å². The van der Waals surface area contributed by atoms with Crippen LogP contribution in [-0.2, 0) is 4.79 Å². The predicted molar refractivity (Wildman–Crippen MR) is 77.2 cm³/mol. The summed E-state index contributed by atoms with van der Waals surface area (Å²) in [6.07, 6.45) is 0. The SMILES string of the molecule is CC(=O)Oc1ccc(-c2ccc(B(O)O)cc2)cc1.[HH].[HH]. The number of benzene rings is 2. The Balaban J connectivity index is 0.00000200. The molecule has 5 heteroatoms. The van der Waals surface area contributed by atoms with E-state index < -0.39 is 7.12 Å². The van der Waals surface area contributed by atoms with E-state index in [9.17, 15) is 4.79 Å². The lowest BCUT2D eigenvalue weighted by atomic mass is 9.80. The maximum absolute atomic E-state index is 10.8. The molecule has 0 bridgehead atoms. The summed E-state index contributed by atoms with van der Waals surface area (Å²) in [6.45, 7) is 1.35. The summed E-state index contributed by atoms with van der Waals surface area (Å²) in [5, 5.41) is 18.0. The van der Waals surface area contributed by atoms with Crippen molar-refractivity contribution >= 4 is 18.6 Å². The first-order chi connectivity index (χ1) is 9.06. The van der Waals surface area contributed by atoms with Crippen molar-refractivity contribution in [1.29, 1.82) is 0 Å². The van der Waals surface area contributed by atoms with Crippen LogP contribution in [0.1, 0.15) is 9.78 Å². The molecule has 0 fully saturated rings. The average molecular weight is 260 g/mol. The van der Waals surface area contributed by atoms with Gasteiger partial charge in [0.1, 0.15) is 5.75 Å². The van der Waals surface area contributed by atoms with Gasteiger partial charge in [-0.05, 0) is 28.7 Å². The minimum absolute atomic E-state index is 0. The molecule has 2 rings (SSSR count). The molecule has 2 aromatic carbocycles. The lowest BCUT2D eigenvalue weighted by Gasteiger charge is -2.05. The van der Waals surface area contributed by atoms with Crippen LogP contribution in [0.2, 0.25) is 0 Å². The second-order valence-electron chi connectivity index (χ2n) is 4.11. The van der Waals surface area contributed by atoms with Crippen molar-refractivity contribution < 1.29 is 22.4 Å². The molecule has 4 nitrogen and oxygen atoms in total. The fraction of sp³-hybridized carbons (Fsp3) is 0.0714. The molecule has 0 unspecified atom stereocenters. The van der Waals surface area contributed by atoms with Gasteiger partial charge >= 0.3 is 13.1 Å². The topological polar surface area (TPSA) is 66.8 Å². The first kappa shape index (κ1) is 13.3. The molecular formula is C14H17BO4. The molecule has 0 atom stereocenters. The Kier molecular flexibility index (Phi) is 3.99. The van der Waals surface area contributed by atoms with E-state index in [-0.39, 0.29) is 8.82 Å². The Morgan fingerprint density at radius 2 is 1.47 bits per heavy atom.